The Hall–Kier alpha value is -0.890. The highest BCUT2D eigenvalue weighted by molar-refractivity contribution is 7.89. The van der Waals surface area contributed by atoms with Gasteiger partial charge in [-0.2, -0.15) is 0 Å². The number of aromatic nitrogens is 1. The molecule has 0 aliphatic heterocycles. The van der Waals surface area contributed by atoms with E-state index in [1.165, 1.54) is 0 Å². The second kappa shape index (κ2) is 5.48. The van der Waals surface area contributed by atoms with E-state index in [2.05, 4.69) is 9.62 Å². The van der Waals surface area contributed by atoms with Gasteiger partial charge in [0.15, 0.2) is 0 Å². The molecule has 1 heterocycles. The number of nitrogens with one attached hydrogen (secondary N) is 1. The Morgan fingerprint density at radius 1 is 1.45 bits per heavy atom. The van der Waals surface area contributed by atoms with Crippen LogP contribution in [0.1, 0.15) is 25.0 Å². The van der Waals surface area contributed by atoms with Gasteiger partial charge >= 0.3 is 0 Å². The molecule has 1 saturated carbocycles. The summed E-state index contributed by atoms with van der Waals surface area (Å²) in [7, 11) is 2.34. The molecule has 0 amide bonds. The first kappa shape index (κ1) is 15.5. The Morgan fingerprint density at radius 2 is 2.10 bits per heavy atom. The van der Waals surface area contributed by atoms with Gasteiger partial charge in [0.25, 0.3) is 0 Å². The second-order valence-corrected chi connectivity index (χ2v) is 7.55. The Balaban J connectivity index is 2.11. The Labute approximate surface area is 121 Å². The SMILES string of the molecule is CN(C)C1(CNS(=O)(=O)c2cc(CN)n(C)c2)CCC1. The molecule has 20 heavy (non-hydrogen) atoms. The van der Waals surface area contributed by atoms with Crippen molar-refractivity contribution >= 4 is 10.0 Å². The van der Waals surface area contributed by atoms with Gasteiger partial charge in [-0.15, -0.1) is 0 Å². The van der Waals surface area contributed by atoms with Crippen LogP contribution in [0.2, 0.25) is 0 Å². The molecule has 0 spiro atoms. The van der Waals surface area contributed by atoms with Crippen LogP contribution in [0.15, 0.2) is 17.2 Å². The number of hydrogen-bond acceptors (Lipinski definition) is 4. The average Bonchev–Trinajstić information content (AvgIpc) is 2.69. The van der Waals surface area contributed by atoms with Gasteiger partial charge in [-0.3, -0.25) is 0 Å². The van der Waals surface area contributed by atoms with Crippen molar-refractivity contribution in [3.8, 4) is 0 Å². The molecule has 1 aliphatic carbocycles. The van der Waals surface area contributed by atoms with Crippen molar-refractivity contribution in [2.24, 2.45) is 12.8 Å². The van der Waals surface area contributed by atoms with Gasteiger partial charge in [-0.05, 0) is 39.4 Å². The van der Waals surface area contributed by atoms with Crippen molar-refractivity contribution in [1.29, 1.82) is 0 Å². The fraction of sp³-hybridized carbons (Fsp3) is 0.692. The molecule has 1 aromatic heterocycles. The molecule has 0 aromatic carbocycles. The van der Waals surface area contributed by atoms with Crippen LogP contribution in [0.3, 0.4) is 0 Å². The van der Waals surface area contributed by atoms with Crippen LogP contribution in [0, 0.1) is 0 Å². The van der Waals surface area contributed by atoms with Gasteiger partial charge in [0.1, 0.15) is 0 Å². The Kier molecular flexibility index (Phi) is 4.24. The molecule has 1 aliphatic rings. The van der Waals surface area contributed by atoms with E-state index in [4.69, 9.17) is 5.73 Å². The highest BCUT2D eigenvalue weighted by Crippen LogP contribution is 2.35. The summed E-state index contributed by atoms with van der Waals surface area (Å²) in [4.78, 5) is 2.41. The maximum absolute atomic E-state index is 12.3. The molecule has 114 valence electrons. The fourth-order valence-corrected chi connectivity index (χ4v) is 3.82. The third-order valence-corrected chi connectivity index (χ3v) is 5.79. The van der Waals surface area contributed by atoms with Gasteiger partial charge in [-0.25, -0.2) is 13.1 Å². The van der Waals surface area contributed by atoms with Gasteiger partial charge in [0.2, 0.25) is 10.0 Å². The van der Waals surface area contributed by atoms with Gasteiger partial charge in [-0.1, -0.05) is 0 Å². The van der Waals surface area contributed by atoms with Crippen molar-refractivity contribution in [2.75, 3.05) is 20.6 Å². The number of nitrogens with zero attached hydrogens (tertiary/aromatic N) is 2. The zero-order chi connectivity index (χ0) is 15.0. The molecule has 0 radical (unpaired) electrons. The standard InChI is InChI=1S/C13H24N4O2S/c1-16(2)13(5-4-6-13)10-15-20(18,19)12-7-11(8-14)17(3)9-12/h7,9,15H,4-6,8,10,14H2,1-3H3. The number of aryl methyl sites for hydroxylation is 1. The van der Waals surface area contributed by atoms with Crippen LogP contribution in [0.4, 0.5) is 0 Å². The minimum atomic E-state index is -3.47. The first-order chi connectivity index (χ1) is 9.31. The van der Waals surface area contributed by atoms with E-state index >= 15 is 0 Å². The van der Waals surface area contributed by atoms with Crippen molar-refractivity contribution < 1.29 is 8.42 Å². The molecular weight excluding hydrogens is 276 g/mol. The van der Waals surface area contributed by atoms with Gasteiger partial charge < -0.3 is 15.2 Å². The zero-order valence-electron chi connectivity index (χ0n) is 12.4. The fourth-order valence-electron chi connectivity index (χ4n) is 2.61. The number of hydrogen-bond donors (Lipinski definition) is 2. The molecule has 0 atom stereocenters. The first-order valence-corrected chi connectivity index (χ1v) is 8.31. The summed E-state index contributed by atoms with van der Waals surface area (Å²) in [5, 5.41) is 0. The summed E-state index contributed by atoms with van der Waals surface area (Å²) < 4.78 is 29.2. The van der Waals surface area contributed by atoms with Crippen molar-refractivity contribution in [3.05, 3.63) is 18.0 Å². The van der Waals surface area contributed by atoms with Gasteiger partial charge in [0, 0.05) is 37.6 Å². The highest BCUT2D eigenvalue weighted by atomic mass is 32.2. The first-order valence-electron chi connectivity index (χ1n) is 6.83. The summed E-state index contributed by atoms with van der Waals surface area (Å²) in [6, 6.07) is 1.63. The van der Waals surface area contributed by atoms with Gasteiger partial charge in [0.05, 0.1) is 4.90 Å². The van der Waals surface area contributed by atoms with Crippen LogP contribution < -0.4 is 10.5 Å². The smallest absolute Gasteiger partial charge is 0.242 e. The predicted molar refractivity (Wildman–Crippen MR) is 78.8 cm³/mol. The topological polar surface area (TPSA) is 80.4 Å². The lowest BCUT2D eigenvalue weighted by Crippen LogP contribution is -2.57. The van der Waals surface area contributed by atoms with E-state index in [1.807, 2.05) is 14.1 Å². The van der Waals surface area contributed by atoms with Crippen LogP contribution in [-0.2, 0) is 23.6 Å². The number of nitrogens with two attached hydrogens (primary N) is 1. The van der Waals surface area contributed by atoms with E-state index in [9.17, 15) is 8.42 Å². The van der Waals surface area contributed by atoms with Crippen LogP contribution in [0.25, 0.3) is 0 Å². The largest absolute Gasteiger partial charge is 0.352 e. The Bertz CT molecular complexity index is 573. The molecule has 0 saturated heterocycles. The van der Waals surface area contributed by atoms with Crippen molar-refractivity contribution in [3.63, 3.8) is 0 Å². The normalized spacial score (nSPS) is 18.2. The van der Waals surface area contributed by atoms with Crippen LogP contribution in [-0.4, -0.2) is 44.1 Å². The monoisotopic (exact) mass is 300 g/mol. The molecule has 6 nitrogen and oxygen atoms in total. The zero-order valence-corrected chi connectivity index (χ0v) is 13.2. The maximum Gasteiger partial charge on any atom is 0.242 e. The third-order valence-electron chi connectivity index (χ3n) is 4.43. The Morgan fingerprint density at radius 3 is 2.50 bits per heavy atom. The summed E-state index contributed by atoms with van der Waals surface area (Å²) >= 11 is 0. The lowest BCUT2D eigenvalue weighted by Gasteiger charge is -2.47. The van der Waals surface area contributed by atoms with E-state index in [0.29, 0.717) is 13.1 Å². The lowest BCUT2D eigenvalue weighted by molar-refractivity contribution is 0.0657. The lowest BCUT2D eigenvalue weighted by atomic mass is 9.76. The maximum atomic E-state index is 12.3. The van der Waals surface area contributed by atoms with E-state index in [0.717, 1.165) is 25.0 Å². The predicted octanol–water partition coefficient (Wildman–Crippen LogP) is 0.246. The molecule has 2 rings (SSSR count). The van der Waals surface area contributed by atoms with E-state index in [-0.39, 0.29) is 10.4 Å². The van der Waals surface area contributed by atoms with E-state index < -0.39 is 10.0 Å². The van der Waals surface area contributed by atoms with Crippen molar-refractivity contribution in [2.45, 2.75) is 36.2 Å². The minimum Gasteiger partial charge on any atom is -0.352 e. The summed E-state index contributed by atoms with van der Waals surface area (Å²) in [5.41, 5.74) is 6.35. The molecular formula is C13H24N4O2S. The number of rotatable bonds is 6. The molecule has 3 N–H and O–H groups in total. The number of likely N-dealkylation sites (N-methyl/N-ethyl adjacent to an activating group) is 1. The molecule has 0 bridgehead atoms. The second-order valence-electron chi connectivity index (χ2n) is 5.78. The molecule has 7 heteroatoms. The van der Waals surface area contributed by atoms with E-state index in [1.54, 1.807) is 23.9 Å². The average molecular weight is 300 g/mol. The molecule has 1 aromatic rings. The number of sulfonamides is 1. The van der Waals surface area contributed by atoms with Crippen LogP contribution in [0.5, 0.6) is 0 Å². The van der Waals surface area contributed by atoms with Crippen molar-refractivity contribution in [1.82, 2.24) is 14.2 Å². The molecule has 1 fully saturated rings. The third kappa shape index (κ3) is 2.76. The quantitative estimate of drug-likeness (QED) is 0.789. The summed E-state index contributed by atoms with van der Waals surface area (Å²) in [6.07, 6.45) is 4.83. The minimum absolute atomic E-state index is 0.0292. The summed E-state index contributed by atoms with van der Waals surface area (Å²) in [6.45, 7) is 0.781. The highest BCUT2D eigenvalue weighted by Gasteiger charge is 2.39. The molecule has 0 unspecified atom stereocenters. The summed E-state index contributed by atoms with van der Waals surface area (Å²) in [5.74, 6) is 0. The van der Waals surface area contributed by atoms with Crippen LogP contribution >= 0.6 is 0 Å².